The van der Waals surface area contributed by atoms with E-state index < -0.39 is 29.8 Å². The molecule has 2 unspecified atom stereocenters. The van der Waals surface area contributed by atoms with Crippen molar-refractivity contribution in [2.45, 2.75) is 51.4 Å². The Balaban J connectivity index is 2.15. The smallest absolute Gasteiger partial charge is 0.411 e. The number of likely N-dealkylation sites (tertiary alicyclic amines) is 1. The van der Waals surface area contributed by atoms with Crippen molar-refractivity contribution in [3.63, 3.8) is 0 Å². The Kier molecular flexibility index (Phi) is 6.36. The van der Waals surface area contributed by atoms with Crippen LogP contribution in [0.1, 0.15) is 32.8 Å². The standard InChI is InChI=1S/C20H27NO6/c1-6-7-13-8-9-16(17(10-13)25-5)26-14-11-15(18(22)23)21(12-14)19(24)27-20(2,3)4/h6,8-10,14-15H,1,7,11-12H2,2-5H3,(H,22,23). The van der Waals surface area contributed by atoms with Gasteiger partial charge in [-0.05, 0) is 44.9 Å². The minimum Gasteiger partial charge on any atom is -0.493 e. The van der Waals surface area contributed by atoms with Crippen LogP contribution < -0.4 is 9.47 Å². The molecule has 2 rings (SSSR count). The summed E-state index contributed by atoms with van der Waals surface area (Å²) in [5.74, 6) is -0.0253. The number of rotatable bonds is 6. The number of aliphatic carboxylic acids is 1. The molecule has 1 aromatic rings. The quantitative estimate of drug-likeness (QED) is 0.766. The Morgan fingerprint density at radius 2 is 2.04 bits per heavy atom. The first-order valence-electron chi connectivity index (χ1n) is 8.81. The average molecular weight is 377 g/mol. The molecule has 0 aliphatic carbocycles. The molecule has 1 aliphatic rings. The first-order valence-corrected chi connectivity index (χ1v) is 8.81. The van der Waals surface area contributed by atoms with Crippen molar-refractivity contribution in [2.24, 2.45) is 0 Å². The van der Waals surface area contributed by atoms with Crippen LogP contribution in [0.3, 0.4) is 0 Å². The van der Waals surface area contributed by atoms with Crippen molar-refractivity contribution in [1.29, 1.82) is 0 Å². The van der Waals surface area contributed by atoms with E-state index in [0.29, 0.717) is 17.9 Å². The number of carboxylic acid groups (broad SMARTS) is 1. The van der Waals surface area contributed by atoms with Crippen molar-refractivity contribution in [3.05, 3.63) is 36.4 Å². The number of benzene rings is 1. The SMILES string of the molecule is C=CCc1ccc(OC2CC(C(=O)O)N(C(=O)OC(C)(C)C)C2)c(OC)c1. The minimum absolute atomic E-state index is 0.128. The topological polar surface area (TPSA) is 85.3 Å². The largest absolute Gasteiger partial charge is 0.493 e. The number of hydrogen-bond donors (Lipinski definition) is 1. The Morgan fingerprint density at radius 3 is 2.59 bits per heavy atom. The van der Waals surface area contributed by atoms with Gasteiger partial charge in [-0.25, -0.2) is 9.59 Å². The van der Waals surface area contributed by atoms with E-state index in [-0.39, 0.29) is 13.0 Å². The lowest BCUT2D eigenvalue weighted by molar-refractivity contribution is -0.142. The number of amides is 1. The van der Waals surface area contributed by atoms with Crippen LogP contribution in [-0.2, 0) is 16.0 Å². The van der Waals surface area contributed by atoms with Crippen molar-refractivity contribution in [3.8, 4) is 11.5 Å². The van der Waals surface area contributed by atoms with Crippen LogP contribution in [0.5, 0.6) is 11.5 Å². The highest BCUT2D eigenvalue weighted by molar-refractivity contribution is 5.81. The lowest BCUT2D eigenvalue weighted by Gasteiger charge is -2.26. The zero-order valence-corrected chi connectivity index (χ0v) is 16.2. The third-order valence-corrected chi connectivity index (χ3v) is 4.08. The third kappa shape index (κ3) is 5.39. The van der Waals surface area contributed by atoms with E-state index in [1.54, 1.807) is 40.0 Å². The molecule has 2 atom stereocenters. The molecule has 1 saturated heterocycles. The molecule has 1 fully saturated rings. The molecule has 0 aromatic heterocycles. The molecule has 1 amide bonds. The van der Waals surface area contributed by atoms with E-state index in [9.17, 15) is 14.7 Å². The Labute approximate surface area is 159 Å². The van der Waals surface area contributed by atoms with Crippen LogP contribution in [0, 0.1) is 0 Å². The van der Waals surface area contributed by atoms with E-state index in [2.05, 4.69) is 6.58 Å². The number of carbonyl (C=O) groups is 2. The summed E-state index contributed by atoms with van der Waals surface area (Å²) in [7, 11) is 1.54. The van der Waals surface area contributed by atoms with Gasteiger partial charge in [0, 0.05) is 6.42 Å². The molecule has 7 heteroatoms. The Bertz CT molecular complexity index is 709. The Morgan fingerprint density at radius 1 is 1.33 bits per heavy atom. The number of methoxy groups -OCH3 is 1. The second kappa shape index (κ2) is 8.33. The van der Waals surface area contributed by atoms with Crippen LogP contribution >= 0.6 is 0 Å². The van der Waals surface area contributed by atoms with Crippen LogP contribution in [0.25, 0.3) is 0 Å². The molecule has 0 spiro atoms. The number of hydrogen-bond acceptors (Lipinski definition) is 5. The number of carboxylic acids is 1. The second-order valence-electron chi connectivity index (χ2n) is 7.44. The molecule has 7 nitrogen and oxygen atoms in total. The minimum atomic E-state index is -1.08. The van der Waals surface area contributed by atoms with Crippen molar-refractivity contribution < 1.29 is 28.9 Å². The van der Waals surface area contributed by atoms with Gasteiger partial charge in [-0.15, -0.1) is 6.58 Å². The lowest BCUT2D eigenvalue weighted by Crippen LogP contribution is -2.43. The van der Waals surface area contributed by atoms with Gasteiger partial charge in [0.05, 0.1) is 13.7 Å². The first kappa shape index (κ1) is 20.6. The molecule has 1 aromatic carbocycles. The fraction of sp³-hybridized carbons (Fsp3) is 0.500. The molecule has 148 valence electrons. The van der Waals surface area contributed by atoms with Crippen LogP contribution in [0.15, 0.2) is 30.9 Å². The average Bonchev–Trinajstić information content (AvgIpc) is 2.99. The fourth-order valence-electron chi connectivity index (χ4n) is 2.92. The van der Waals surface area contributed by atoms with E-state index in [1.165, 1.54) is 4.90 Å². The van der Waals surface area contributed by atoms with Gasteiger partial charge in [-0.2, -0.15) is 0 Å². The maximum absolute atomic E-state index is 12.4. The maximum Gasteiger partial charge on any atom is 0.411 e. The fourth-order valence-corrected chi connectivity index (χ4v) is 2.92. The summed E-state index contributed by atoms with van der Waals surface area (Å²) in [6.07, 6.45) is 1.54. The van der Waals surface area contributed by atoms with Gasteiger partial charge >= 0.3 is 12.1 Å². The van der Waals surface area contributed by atoms with Gasteiger partial charge < -0.3 is 19.3 Å². The summed E-state index contributed by atoms with van der Waals surface area (Å²) in [6.45, 7) is 9.05. The molecule has 0 saturated carbocycles. The maximum atomic E-state index is 12.4. The summed E-state index contributed by atoms with van der Waals surface area (Å²) >= 11 is 0. The van der Waals surface area contributed by atoms with Crippen LogP contribution in [-0.4, -0.2) is 53.5 Å². The molecule has 27 heavy (non-hydrogen) atoms. The van der Waals surface area contributed by atoms with Gasteiger partial charge in [-0.3, -0.25) is 4.90 Å². The highest BCUT2D eigenvalue weighted by Crippen LogP contribution is 2.32. The molecule has 1 aliphatic heterocycles. The number of ether oxygens (including phenoxy) is 3. The normalized spacial score (nSPS) is 19.5. The number of allylic oxidation sites excluding steroid dienone is 1. The second-order valence-corrected chi connectivity index (χ2v) is 7.44. The molecular weight excluding hydrogens is 350 g/mol. The van der Waals surface area contributed by atoms with E-state index >= 15 is 0 Å². The van der Waals surface area contributed by atoms with Gasteiger partial charge in [0.2, 0.25) is 0 Å². The zero-order chi connectivity index (χ0) is 20.2. The summed E-state index contributed by atoms with van der Waals surface area (Å²) in [5.41, 5.74) is 0.322. The van der Waals surface area contributed by atoms with Crippen molar-refractivity contribution in [1.82, 2.24) is 4.90 Å². The number of nitrogens with zero attached hydrogens (tertiary/aromatic N) is 1. The van der Waals surface area contributed by atoms with E-state index in [4.69, 9.17) is 14.2 Å². The monoisotopic (exact) mass is 377 g/mol. The van der Waals surface area contributed by atoms with Crippen LogP contribution in [0.4, 0.5) is 4.79 Å². The molecule has 0 bridgehead atoms. The zero-order valence-electron chi connectivity index (χ0n) is 16.2. The lowest BCUT2D eigenvalue weighted by atomic mass is 10.1. The number of carbonyl (C=O) groups excluding carboxylic acids is 1. The third-order valence-electron chi connectivity index (χ3n) is 4.08. The molecule has 0 radical (unpaired) electrons. The van der Waals surface area contributed by atoms with Crippen LogP contribution in [0.2, 0.25) is 0 Å². The van der Waals surface area contributed by atoms with Crippen molar-refractivity contribution >= 4 is 12.1 Å². The van der Waals surface area contributed by atoms with Gasteiger partial charge in [0.25, 0.3) is 0 Å². The molecule has 1 heterocycles. The van der Waals surface area contributed by atoms with E-state index in [1.807, 2.05) is 12.1 Å². The highest BCUT2D eigenvalue weighted by atomic mass is 16.6. The first-order chi connectivity index (χ1) is 12.6. The predicted octanol–water partition coefficient (Wildman–Crippen LogP) is 3.27. The van der Waals surface area contributed by atoms with Crippen molar-refractivity contribution in [2.75, 3.05) is 13.7 Å². The van der Waals surface area contributed by atoms with Gasteiger partial charge in [0.1, 0.15) is 17.7 Å². The predicted molar refractivity (Wildman–Crippen MR) is 100 cm³/mol. The summed E-state index contributed by atoms with van der Waals surface area (Å²) < 4.78 is 16.7. The van der Waals surface area contributed by atoms with E-state index in [0.717, 1.165) is 5.56 Å². The van der Waals surface area contributed by atoms with Gasteiger partial charge in [0.15, 0.2) is 11.5 Å². The summed E-state index contributed by atoms with van der Waals surface area (Å²) in [5, 5.41) is 9.47. The molecule has 1 N–H and O–H groups in total. The molecular formula is C20H27NO6. The highest BCUT2D eigenvalue weighted by Gasteiger charge is 2.42. The summed E-state index contributed by atoms with van der Waals surface area (Å²) in [6, 6.07) is 4.54. The Hall–Kier alpha value is -2.70. The van der Waals surface area contributed by atoms with Gasteiger partial charge in [-0.1, -0.05) is 12.1 Å². The summed E-state index contributed by atoms with van der Waals surface area (Å²) in [4.78, 5) is 25.2.